The second kappa shape index (κ2) is 6.93. The molecule has 1 unspecified atom stereocenters. The van der Waals surface area contributed by atoms with Gasteiger partial charge in [-0.15, -0.1) is 0 Å². The Balaban J connectivity index is 1.86. The van der Waals surface area contributed by atoms with E-state index in [-0.39, 0.29) is 18.0 Å². The first kappa shape index (κ1) is 17.8. The Morgan fingerprint density at radius 3 is 2.43 bits per heavy atom. The second-order valence-corrected chi connectivity index (χ2v) is 7.97. The zero-order valence-corrected chi connectivity index (χ0v) is 14.9. The third-order valence-corrected chi connectivity index (χ3v) is 4.64. The van der Waals surface area contributed by atoms with Crippen LogP contribution in [-0.4, -0.2) is 41.6 Å². The third kappa shape index (κ3) is 4.98. The molecular formula is C18H30N2O3. The van der Waals surface area contributed by atoms with Crippen LogP contribution in [0.25, 0.3) is 0 Å². The summed E-state index contributed by atoms with van der Waals surface area (Å²) in [6, 6.07) is 0.164. The minimum Gasteiger partial charge on any atom is -0.444 e. The fourth-order valence-corrected chi connectivity index (χ4v) is 3.01. The molecule has 0 radical (unpaired) electrons. The number of likely N-dealkylation sites (tertiary alicyclic amines) is 1. The predicted molar refractivity (Wildman–Crippen MR) is 90.1 cm³/mol. The number of hydrogen-bond donors (Lipinski definition) is 1. The van der Waals surface area contributed by atoms with Gasteiger partial charge in [0, 0.05) is 24.5 Å². The van der Waals surface area contributed by atoms with Gasteiger partial charge in [0.2, 0.25) is 5.91 Å². The number of allylic oxidation sites excluding steroid dienone is 1. The standard InChI is InChI=1S/C18H30N2O3/c1-17(2,3)23-16(22)20-12-10-18(4,11-13-20)15(21)19-14-8-6-5-7-9-14/h6,8,14H,5,7,9-13H2,1-4H3,(H,19,21). The van der Waals surface area contributed by atoms with Crippen LogP contribution in [0.5, 0.6) is 0 Å². The first-order chi connectivity index (χ1) is 10.7. The SMILES string of the molecule is CC(C)(C)OC(=O)N1CCC(C)(C(=O)NC2C=CCCC2)CC1. The minimum absolute atomic E-state index is 0.109. The summed E-state index contributed by atoms with van der Waals surface area (Å²) < 4.78 is 5.40. The van der Waals surface area contributed by atoms with Gasteiger partial charge >= 0.3 is 6.09 Å². The van der Waals surface area contributed by atoms with Crippen LogP contribution < -0.4 is 5.32 Å². The van der Waals surface area contributed by atoms with Gasteiger partial charge in [-0.3, -0.25) is 4.79 Å². The Kier molecular flexibility index (Phi) is 5.37. The summed E-state index contributed by atoms with van der Waals surface area (Å²) in [5, 5.41) is 3.15. The van der Waals surface area contributed by atoms with E-state index in [1.54, 1.807) is 4.90 Å². The van der Waals surface area contributed by atoms with Gasteiger partial charge in [-0.05, 0) is 52.9 Å². The molecule has 1 saturated heterocycles. The van der Waals surface area contributed by atoms with Gasteiger partial charge in [0.05, 0.1) is 0 Å². The maximum Gasteiger partial charge on any atom is 0.410 e. The van der Waals surface area contributed by atoms with Crippen LogP contribution >= 0.6 is 0 Å². The molecule has 130 valence electrons. The van der Waals surface area contributed by atoms with E-state index in [2.05, 4.69) is 17.5 Å². The number of nitrogens with one attached hydrogen (secondary N) is 1. The largest absolute Gasteiger partial charge is 0.444 e. The Hall–Kier alpha value is -1.52. The Labute approximate surface area is 139 Å². The van der Waals surface area contributed by atoms with Crippen molar-refractivity contribution in [2.75, 3.05) is 13.1 Å². The molecule has 0 aromatic rings. The van der Waals surface area contributed by atoms with E-state index in [4.69, 9.17) is 4.74 Å². The van der Waals surface area contributed by atoms with E-state index in [1.165, 1.54) is 0 Å². The lowest BCUT2D eigenvalue weighted by atomic mass is 9.79. The first-order valence-electron chi connectivity index (χ1n) is 8.65. The fourth-order valence-electron chi connectivity index (χ4n) is 3.01. The average Bonchev–Trinajstić information content (AvgIpc) is 2.47. The maximum atomic E-state index is 12.6. The normalized spacial score (nSPS) is 24.2. The highest BCUT2D eigenvalue weighted by atomic mass is 16.6. The van der Waals surface area contributed by atoms with Crippen molar-refractivity contribution in [2.45, 2.75) is 71.4 Å². The Bertz CT molecular complexity index is 471. The topological polar surface area (TPSA) is 58.6 Å². The molecule has 5 heteroatoms. The molecule has 5 nitrogen and oxygen atoms in total. The smallest absolute Gasteiger partial charge is 0.410 e. The highest BCUT2D eigenvalue weighted by Crippen LogP contribution is 2.32. The van der Waals surface area contributed by atoms with Crippen molar-refractivity contribution in [3.8, 4) is 0 Å². The molecule has 2 amide bonds. The van der Waals surface area contributed by atoms with Gasteiger partial charge in [0.25, 0.3) is 0 Å². The number of carbonyl (C=O) groups excluding carboxylic acids is 2. The number of amides is 2. The zero-order chi connectivity index (χ0) is 17.1. The van der Waals surface area contributed by atoms with Crippen LogP contribution in [0, 0.1) is 5.41 Å². The minimum atomic E-state index is -0.484. The maximum absolute atomic E-state index is 12.6. The number of piperidine rings is 1. The van der Waals surface area contributed by atoms with Crippen molar-refractivity contribution in [2.24, 2.45) is 5.41 Å². The molecule has 1 fully saturated rings. The van der Waals surface area contributed by atoms with Gasteiger partial charge in [-0.25, -0.2) is 4.79 Å². The summed E-state index contributed by atoms with van der Waals surface area (Å²) in [5.41, 5.74) is -0.883. The predicted octanol–water partition coefficient (Wildman–Crippen LogP) is 3.25. The summed E-state index contributed by atoms with van der Waals surface area (Å²) in [5.74, 6) is 0.109. The quantitative estimate of drug-likeness (QED) is 0.794. The monoisotopic (exact) mass is 322 g/mol. The summed E-state index contributed by atoms with van der Waals surface area (Å²) in [6.45, 7) is 8.73. The molecule has 1 atom stereocenters. The number of rotatable bonds is 2. The molecule has 1 N–H and O–H groups in total. The molecule has 0 bridgehead atoms. The highest BCUT2D eigenvalue weighted by molar-refractivity contribution is 5.83. The number of nitrogens with zero attached hydrogens (tertiary/aromatic N) is 1. The molecule has 0 aromatic carbocycles. The van der Waals surface area contributed by atoms with Gasteiger partial charge in [0.1, 0.15) is 5.60 Å². The molecule has 1 aliphatic carbocycles. The highest BCUT2D eigenvalue weighted by Gasteiger charge is 2.39. The molecule has 23 heavy (non-hydrogen) atoms. The summed E-state index contributed by atoms with van der Waals surface area (Å²) in [6.07, 6.45) is 8.56. The van der Waals surface area contributed by atoms with Gasteiger partial charge in [-0.2, -0.15) is 0 Å². The van der Waals surface area contributed by atoms with Crippen molar-refractivity contribution in [1.82, 2.24) is 10.2 Å². The molecule has 2 rings (SSSR count). The van der Waals surface area contributed by atoms with E-state index in [0.717, 1.165) is 19.3 Å². The lowest BCUT2D eigenvalue weighted by Gasteiger charge is -2.39. The van der Waals surface area contributed by atoms with Crippen LogP contribution in [-0.2, 0) is 9.53 Å². The second-order valence-electron chi connectivity index (χ2n) is 7.97. The van der Waals surface area contributed by atoms with Crippen molar-refractivity contribution >= 4 is 12.0 Å². The van der Waals surface area contributed by atoms with Crippen LogP contribution in [0.3, 0.4) is 0 Å². The first-order valence-corrected chi connectivity index (χ1v) is 8.65. The van der Waals surface area contributed by atoms with Crippen molar-refractivity contribution in [3.63, 3.8) is 0 Å². The van der Waals surface area contributed by atoms with Gasteiger partial charge < -0.3 is 15.0 Å². The summed E-state index contributed by atoms with van der Waals surface area (Å²) >= 11 is 0. The van der Waals surface area contributed by atoms with Gasteiger partial charge in [-0.1, -0.05) is 19.1 Å². The molecule has 0 aromatic heterocycles. The average molecular weight is 322 g/mol. The molecule has 2 aliphatic rings. The third-order valence-electron chi connectivity index (χ3n) is 4.64. The molecule has 1 heterocycles. The zero-order valence-electron chi connectivity index (χ0n) is 14.9. The molecule has 0 spiro atoms. The van der Waals surface area contributed by atoms with Crippen molar-refractivity contribution < 1.29 is 14.3 Å². The Morgan fingerprint density at radius 1 is 1.26 bits per heavy atom. The summed E-state index contributed by atoms with van der Waals surface area (Å²) in [4.78, 5) is 26.4. The molecular weight excluding hydrogens is 292 g/mol. The van der Waals surface area contributed by atoms with Crippen molar-refractivity contribution in [1.29, 1.82) is 0 Å². The molecule has 1 aliphatic heterocycles. The Morgan fingerprint density at radius 2 is 1.91 bits per heavy atom. The van der Waals surface area contributed by atoms with E-state index < -0.39 is 11.0 Å². The van der Waals surface area contributed by atoms with E-state index >= 15 is 0 Å². The summed E-state index contributed by atoms with van der Waals surface area (Å²) in [7, 11) is 0. The van der Waals surface area contributed by atoms with E-state index in [1.807, 2.05) is 27.7 Å². The van der Waals surface area contributed by atoms with Gasteiger partial charge in [0.15, 0.2) is 0 Å². The number of ether oxygens (including phenoxy) is 1. The molecule has 0 saturated carbocycles. The van der Waals surface area contributed by atoms with Crippen molar-refractivity contribution in [3.05, 3.63) is 12.2 Å². The lowest BCUT2D eigenvalue weighted by molar-refractivity contribution is -0.133. The number of hydrogen-bond acceptors (Lipinski definition) is 3. The number of carbonyl (C=O) groups is 2. The van der Waals surface area contributed by atoms with E-state index in [9.17, 15) is 9.59 Å². The van der Waals surface area contributed by atoms with E-state index in [0.29, 0.717) is 25.9 Å². The van der Waals surface area contributed by atoms with Crippen LogP contribution in [0.2, 0.25) is 0 Å². The van der Waals surface area contributed by atoms with Crippen LogP contribution in [0.15, 0.2) is 12.2 Å². The van der Waals surface area contributed by atoms with Crippen LogP contribution in [0.1, 0.15) is 59.8 Å². The van der Waals surface area contributed by atoms with Crippen LogP contribution in [0.4, 0.5) is 4.79 Å². The fraction of sp³-hybridized carbons (Fsp3) is 0.778. The lowest BCUT2D eigenvalue weighted by Crippen LogP contribution is -2.51.